The van der Waals surface area contributed by atoms with Crippen molar-refractivity contribution in [2.24, 2.45) is 5.73 Å². The van der Waals surface area contributed by atoms with E-state index in [4.69, 9.17) is 10.8 Å². The third-order valence-corrected chi connectivity index (χ3v) is 1.83. The van der Waals surface area contributed by atoms with Gasteiger partial charge >= 0.3 is 12.3 Å². The predicted octanol–water partition coefficient (Wildman–Crippen LogP) is 1.21. The average Bonchev–Trinajstić information content (AvgIpc) is 2.13. The van der Waals surface area contributed by atoms with E-state index >= 15 is 0 Å². The molecule has 100 valence electrons. The third-order valence-electron chi connectivity index (χ3n) is 1.83. The number of nitrogens with zero attached hydrogens (tertiary/aromatic N) is 1. The highest BCUT2D eigenvalue weighted by atomic mass is 19.4. The first kappa shape index (κ1) is 14.2. The molecule has 0 aliphatic heterocycles. The van der Waals surface area contributed by atoms with Gasteiger partial charge in [-0.3, -0.25) is 4.79 Å². The fourth-order valence-corrected chi connectivity index (χ4v) is 1.19. The van der Waals surface area contributed by atoms with Crippen LogP contribution in [0.1, 0.15) is 11.3 Å². The molecular weight excluding hydrogens is 260 g/mol. The summed E-state index contributed by atoms with van der Waals surface area (Å²) in [4.78, 5) is 13.7. The minimum atomic E-state index is -5.06. The van der Waals surface area contributed by atoms with Gasteiger partial charge in [-0.15, -0.1) is 13.2 Å². The molecule has 1 heterocycles. The maximum atomic E-state index is 13.4. The fourth-order valence-electron chi connectivity index (χ4n) is 1.19. The molecule has 0 saturated carbocycles. The van der Waals surface area contributed by atoms with Crippen LogP contribution in [0.4, 0.5) is 17.6 Å². The number of aliphatic carboxylic acids is 1. The van der Waals surface area contributed by atoms with Gasteiger partial charge in [0.05, 0.1) is 17.7 Å². The molecule has 0 aromatic carbocycles. The Kier molecular flexibility index (Phi) is 4.07. The van der Waals surface area contributed by atoms with Crippen molar-refractivity contribution in [3.63, 3.8) is 0 Å². The van der Waals surface area contributed by atoms with Gasteiger partial charge in [0.2, 0.25) is 5.88 Å². The molecule has 0 amide bonds. The minimum Gasteiger partial charge on any atom is -0.481 e. The van der Waals surface area contributed by atoms with Crippen molar-refractivity contribution >= 4 is 5.97 Å². The van der Waals surface area contributed by atoms with Crippen LogP contribution >= 0.6 is 0 Å². The summed E-state index contributed by atoms with van der Waals surface area (Å²) in [7, 11) is 0. The van der Waals surface area contributed by atoms with E-state index in [9.17, 15) is 22.4 Å². The number of alkyl halides is 3. The van der Waals surface area contributed by atoms with Crippen molar-refractivity contribution in [3.8, 4) is 5.88 Å². The Morgan fingerprint density at radius 3 is 2.56 bits per heavy atom. The number of carboxylic acid groups (broad SMARTS) is 1. The molecule has 1 aromatic rings. The molecule has 9 heteroatoms. The molecule has 5 nitrogen and oxygen atoms in total. The first-order chi connectivity index (χ1) is 8.23. The van der Waals surface area contributed by atoms with Gasteiger partial charge in [-0.2, -0.15) is 0 Å². The summed E-state index contributed by atoms with van der Waals surface area (Å²) in [5, 5.41) is 8.46. The monoisotopic (exact) mass is 268 g/mol. The number of carboxylic acids is 1. The Balaban J connectivity index is 3.19. The Bertz CT molecular complexity index is 462. The van der Waals surface area contributed by atoms with E-state index in [-0.39, 0.29) is 0 Å². The van der Waals surface area contributed by atoms with Crippen molar-refractivity contribution in [2.75, 3.05) is 0 Å². The fraction of sp³-hybridized carbons (Fsp3) is 0.333. The first-order valence-electron chi connectivity index (χ1n) is 4.59. The largest absolute Gasteiger partial charge is 0.574 e. The van der Waals surface area contributed by atoms with Crippen LogP contribution in [-0.4, -0.2) is 22.4 Å². The molecule has 0 atom stereocenters. The zero-order chi connectivity index (χ0) is 13.9. The Morgan fingerprint density at radius 2 is 2.11 bits per heavy atom. The molecule has 0 aliphatic rings. The van der Waals surface area contributed by atoms with Gasteiger partial charge in [0.15, 0.2) is 0 Å². The van der Waals surface area contributed by atoms with Crippen molar-refractivity contribution in [1.82, 2.24) is 4.98 Å². The second-order valence-corrected chi connectivity index (χ2v) is 3.20. The van der Waals surface area contributed by atoms with Crippen LogP contribution in [0.25, 0.3) is 0 Å². The van der Waals surface area contributed by atoms with Crippen LogP contribution in [0.2, 0.25) is 0 Å². The van der Waals surface area contributed by atoms with Crippen LogP contribution in [0.5, 0.6) is 5.88 Å². The molecule has 3 N–H and O–H groups in total. The maximum Gasteiger partial charge on any atom is 0.574 e. The zero-order valence-corrected chi connectivity index (χ0v) is 8.79. The van der Waals surface area contributed by atoms with Gasteiger partial charge in [0, 0.05) is 6.54 Å². The minimum absolute atomic E-state index is 0.392. The lowest BCUT2D eigenvalue weighted by atomic mass is 10.2. The number of pyridine rings is 1. The summed E-state index contributed by atoms with van der Waals surface area (Å²) in [6.45, 7) is -0.558. The van der Waals surface area contributed by atoms with Crippen molar-refractivity contribution in [2.45, 2.75) is 19.3 Å². The average molecular weight is 268 g/mol. The number of nitrogens with two attached hydrogens (primary N) is 1. The van der Waals surface area contributed by atoms with E-state index in [1.807, 2.05) is 0 Å². The van der Waals surface area contributed by atoms with Crippen LogP contribution in [0, 0.1) is 5.82 Å². The Hall–Kier alpha value is -1.90. The highest BCUT2D eigenvalue weighted by Crippen LogP contribution is 2.26. The van der Waals surface area contributed by atoms with Gasteiger partial charge < -0.3 is 15.6 Å². The molecule has 0 radical (unpaired) electrons. The van der Waals surface area contributed by atoms with E-state index < -0.39 is 48.3 Å². The second-order valence-electron chi connectivity index (χ2n) is 3.20. The number of hydrogen-bond acceptors (Lipinski definition) is 4. The lowest BCUT2D eigenvalue weighted by molar-refractivity contribution is -0.276. The summed E-state index contributed by atoms with van der Waals surface area (Å²) in [5.41, 5.74) is 4.12. The number of hydrogen-bond donors (Lipinski definition) is 2. The highest BCUT2D eigenvalue weighted by molar-refractivity contribution is 5.69. The molecule has 0 fully saturated rings. The number of aromatic nitrogens is 1. The number of ether oxygens (including phenoxy) is 1. The summed E-state index contributed by atoms with van der Waals surface area (Å²) >= 11 is 0. The summed E-state index contributed by atoms with van der Waals surface area (Å²) in [6.07, 6.45) is -5.79. The van der Waals surface area contributed by atoms with Gasteiger partial charge in [-0.25, -0.2) is 9.37 Å². The van der Waals surface area contributed by atoms with Gasteiger partial charge in [-0.1, -0.05) is 0 Å². The van der Waals surface area contributed by atoms with E-state index in [1.165, 1.54) is 0 Å². The number of carbonyl (C=O) groups is 1. The zero-order valence-electron chi connectivity index (χ0n) is 8.79. The van der Waals surface area contributed by atoms with Gasteiger partial charge in [-0.05, 0) is 6.07 Å². The maximum absolute atomic E-state index is 13.4. The van der Waals surface area contributed by atoms with E-state index in [2.05, 4.69) is 9.72 Å². The molecule has 0 spiro atoms. The molecule has 1 aromatic heterocycles. The molecule has 0 unspecified atom stereocenters. The molecule has 0 bridgehead atoms. The SMILES string of the molecule is NCc1c(F)cc(CC(=O)O)nc1OC(F)(F)F. The highest BCUT2D eigenvalue weighted by Gasteiger charge is 2.33. The molecule has 1 rings (SSSR count). The van der Waals surface area contributed by atoms with E-state index in [1.54, 1.807) is 0 Å². The van der Waals surface area contributed by atoms with Crippen molar-refractivity contribution in [3.05, 3.63) is 23.1 Å². The normalized spacial score (nSPS) is 11.4. The lowest BCUT2D eigenvalue weighted by Crippen LogP contribution is -2.21. The summed E-state index contributed by atoms with van der Waals surface area (Å²) in [6, 6.07) is 0.708. The molecule has 18 heavy (non-hydrogen) atoms. The Labute approximate surface area is 98.2 Å². The molecule has 0 aliphatic carbocycles. The Morgan fingerprint density at radius 1 is 1.50 bits per heavy atom. The first-order valence-corrected chi connectivity index (χ1v) is 4.59. The molecular formula is C9H8F4N2O3. The smallest absolute Gasteiger partial charge is 0.481 e. The van der Waals surface area contributed by atoms with Crippen LogP contribution in [0.15, 0.2) is 6.07 Å². The summed E-state index contributed by atoms with van der Waals surface area (Å²) < 4.78 is 53.0. The second kappa shape index (κ2) is 5.17. The molecule has 0 saturated heterocycles. The predicted molar refractivity (Wildman–Crippen MR) is 50.1 cm³/mol. The quantitative estimate of drug-likeness (QED) is 0.801. The number of rotatable bonds is 4. The van der Waals surface area contributed by atoms with Crippen molar-refractivity contribution in [1.29, 1.82) is 0 Å². The van der Waals surface area contributed by atoms with Crippen LogP contribution in [0.3, 0.4) is 0 Å². The van der Waals surface area contributed by atoms with E-state index in [0.29, 0.717) is 6.07 Å². The standard InChI is InChI=1S/C9H8F4N2O3/c10-6-1-4(2-7(16)17)15-8(5(6)3-14)18-9(11,12)13/h1H,2-3,14H2,(H,16,17). The van der Waals surface area contributed by atoms with Gasteiger partial charge in [0.25, 0.3) is 0 Å². The third kappa shape index (κ3) is 3.84. The lowest BCUT2D eigenvalue weighted by Gasteiger charge is -2.13. The van der Waals surface area contributed by atoms with Crippen LogP contribution < -0.4 is 10.5 Å². The van der Waals surface area contributed by atoms with Crippen LogP contribution in [-0.2, 0) is 17.8 Å². The summed E-state index contributed by atoms with van der Waals surface area (Å²) in [5.74, 6) is -3.52. The van der Waals surface area contributed by atoms with Gasteiger partial charge in [0.1, 0.15) is 5.82 Å². The van der Waals surface area contributed by atoms with E-state index in [0.717, 1.165) is 0 Å². The topological polar surface area (TPSA) is 85.4 Å². The number of halogens is 4. The van der Waals surface area contributed by atoms with Crippen molar-refractivity contribution < 1.29 is 32.2 Å².